The lowest BCUT2D eigenvalue weighted by molar-refractivity contribution is 0.0214. The minimum Gasteiger partial charge on any atom is -0.428 e. The zero-order valence-electron chi connectivity index (χ0n) is 16.4. The third kappa shape index (κ3) is 4.43. The average Bonchev–Trinajstić information content (AvgIpc) is 3.10. The van der Waals surface area contributed by atoms with Gasteiger partial charge < -0.3 is 9.47 Å². The van der Waals surface area contributed by atoms with Gasteiger partial charge in [-0.25, -0.2) is 14.8 Å². The summed E-state index contributed by atoms with van der Waals surface area (Å²) in [6.45, 7) is 5.38. The Morgan fingerprint density at radius 1 is 0.897 bits per heavy atom. The maximum atomic E-state index is 12.3. The molecule has 0 fully saturated rings. The van der Waals surface area contributed by atoms with Crippen LogP contribution in [0.15, 0.2) is 66.7 Å². The number of hydrogen-bond donors (Lipinski definition) is 0. The number of hydrogen-bond acceptors (Lipinski definition) is 6. The number of aromatic nitrogens is 2. The molecule has 0 atom stereocenters. The summed E-state index contributed by atoms with van der Waals surface area (Å²) < 4.78 is 10.9. The minimum absolute atomic E-state index is 0.362. The van der Waals surface area contributed by atoms with Crippen molar-refractivity contribution in [2.45, 2.75) is 26.4 Å². The highest BCUT2D eigenvalue weighted by Crippen LogP contribution is 2.40. The molecule has 0 aliphatic rings. The number of ether oxygens (including phenoxy) is 2. The standard InChI is InChI=1S/C23H20N2O3S/c1-23(2,3)28-22(26)27-21-19(25-20(29-21)16-10-5-4-6-11-16)18-14-13-15-9-7-8-12-17(15)24-18/h4-14H,1-3H3. The van der Waals surface area contributed by atoms with Gasteiger partial charge in [0, 0.05) is 10.9 Å². The van der Waals surface area contributed by atoms with Crippen molar-refractivity contribution in [1.82, 2.24) is 9.97 Å². The van der Waals surface area contributed by atoms with E-state index < -0.39 is 11.8 Å². The van der Waals surface area contributed by atoms with Crippen LogP contribution in [0.25, 0.3) is 32.9 Å². The van der Waals surface area contributed by atoms with Crippen LogP contribution >= 0.6 is 11.3 Å². The molecule has 29 heavy (non-hydrogen) atoms. The summed E-state index contributed by atoms with van der Waals surface area (Å²) in [5.41, 5.74) is 2.30. The first-order chi connectivity index (χ1) is 13.9. The van der Waals surface area contributed by atoms with Gasteiger partial charge in [0.15, 0.2) is 0 Å². The Morgan fingerprint density at radius 3 is 2.38 bits per heavy atom. The second-order valence-corrected chi connectivity index (χ2v) is 8.44. The molecule has 0 unspecified atom stereocenters. The second-order valence-electron chi connectivity index (χ2n) is 7.48. The number of benzene rings is 2. The topological polar surface area (TPSA) is 61.3 Å². The zero-order valence-corrected chi connectivity index (χ0v) is 17.2. The van der Waals surface area contributed by atoms with Gasteiger partial charge in [-0.1, -0.05) is 65.9 Å². The Kier molecular flexibility index (Phi) is 5.03. The minimum atomic E-state index is -0.761. The van der Waals surface area contributed by atoms with Crippen LogP contribution < -0.4 is 4.74 Å². The number of carbonyl (C=O) groups is 1. The van der Waals surface area contributed by atoms with E-state index in [1.165, 1.54) is 11.3 Å². The van der Waals surface area contributed by atoms with E-state index in [0.717, 1.165) is 21.5 Å². The molecule has 4 aromatic rings. The fourth-order valence-corrected chi connectivity index (χ4v) is 3.71. The van der Waals surface area contributed by atoms with Crippen molar-refractivity contribution in [2.24, 2.45) is 0 Å². The largest absolute Gasteiger partial charge is 0.515 e. The van der Waals surface area contributed by atoms with Gasteiger partial charge in [0.25, 0.3) is 0 Å². The fourth-order valence-electron chi connectivity index (χ4n) is 2.79. The van der Waals surface area contributed by atoms with Crippen molar-refractivity contribution in [3.8, 4) is 27.0 Å². The van der Waals surface area contributed by atoms with Crippen molar-refractivity contribution >= 4 is 28.4 Å². The molecule has 0 bridgehead atoms. The van der Waals surface area contributed by atoms with E-state index in [4.69, 9.17) is 19.4 Å². The fraction of sp³-hybridized carbons (Fsp3) is 0.174. The number of rotatable bonds is 3. The normalized spacial score (nSPS) is 11.4. The molecule has 0 saturated carbocycles. The predicted molar refractivity (Wildman–Crippen MR) is 115 cm³/mol. The summed E-state index contributed by atoms with van der Waals surface area (Å²) in [7, 11) is 0. The van der Waals surface area contributed by atoms with Gasteiger partial charge >= 0.3 is 6.16 Å². The molecule has 2 aromatic carbocycles. The lowest BCUT2D eigenvalue weighted by atomic mass is 10.2. The van der Waals surface area contributed by atoms with Crippen LogP contribution in [0.1, 0.15) is 20.8 Å². The highest BCUT2D eigenvalue weighted by Gasteiger charge is 2.23. The Hall–Kier alpha value is -3.25. The van der Waals surface area contributed by atoms with Crippen molar-refractivity contribution in [2.75, 3.05) is 0 Å². The van der Waals surface area contributed by atoms with Crippen LogP contribution in [0.4, 0.5) is 4.79 Å². The molecule has 5 nitrogen and oxygen atoms in total. The van der Waals surface area contributed by atoms with E-state index in [1.807, 2.05) is 66.7 Å². The molecule has 0 aliphatic heterocycles. The summed E-state index contributed by atoms with van der Waals surface area (Å²) in [6, 6.07) is 21.5. The average molecular weight is 404 g/mol. The van der Waals surface area contributed by atoms with E-state index >= 15 is 0 Å². The molecule has 0 amide bonds. The van der Waals surface area contributed by atoms with Crippen LogP contribution in [-0.4, -0.2) is 21.7 Å². The molecule has 2 heterocycles. The Bertz CT molecular complexity index is 1160. The molecule has 0 saturated heterocycles. The molecule has 4 rings (SSSR count). The molecule has 0 aliphatic carbocycles. The third-order valence-electron chi connectivity index (χ3n) is 4.02. The Balaban J connectivity index is 1.77. The summed E-state index contributed by atoms with van der Waals surface area (Å²) in [6.07, 6.45) is -0.761. The lowest BCUT2D eigenvalue weighted by Gasteiger charge is -2.18. The molecule has 0 radical (unpaired) electrons. The van der Waals surface area contributed by atoms with Crippen molar-refractivity contribution in [3.05, 3.63) is 66.7 Å². The van der Waals surface area contributed by atoms with Crippen LogP contribution in [-0.2, 0) is 4.74 Å². The molecule has 6 heteroatoms. The number of para-hydroxylation sites is 1. The molecule has 2 aromatic heterocycles. The first-order valence-corrected chi connectivity index (χ1v) is 10.0. The van der Waals surface area contributed by atoms with E-state index in [9.17, 15) is 4.79 Å². The van der Waals surface area contributed by atoms with Crippen molar-refractivity contribution in [3.63, 3.8) is 0 Å². The second kappa shape index (κ2) is 7.64. The number of pyridine rings is 1. The molecule has 0 spiro atoms. The van der Waals surface area contributed by atoms with Crippen LogP contribution in [0.3, 0.4) is 0 Å². The molecular weight excluding hydrogens is 384 g/mol. The Labute approximate surface area is 173 Å². The van der Waals surface area contributed by atoms with Gasteiger partial charge in [-0.2, -0.15) is 0 Å². The summed E-state index contributed by atoms with van der Waals surface area (Å²) in [4.78, 5) is 21.7. The van der Waals surface area contributed by atoms with Crippen LogP contribution in [0, 0.1) is 0 Å². The Morgan fingerprint density at radius 2 is 1.62 bits per heavy atom. The molecule has 146 valence electrons. The van der Waals surface area contributed by atoms with Gasteiger partial charge in [-0.05, 0) is 32.9 Å². The first-order valence-electron chi connectivity index (χ1n) is 9.22. The van der Waals surface area contributed by atoms with Crippen LogP contribution in [0.5, 0.6) is 5.06 Å². The third-order valence-corrected chi connectivity index (χ3v) is 5.01. The van der Waals surface area contributed by atoms with Crippen LogP contribution in [0.2, 0.25) is 0 Å². The SMILES string of the molecule is CC(C)(C)OC(=O)Oc1sc(-c2ccccc2)nc1-c1ccc2ccccc2n1. The summed E-state index contributed by atoms with van der Waals surface area (Å²) >= 11 is 1.29. The monoisotopic (exact) mass is 404 g/mol. The van der Waals surface area contributed by atoms with E-state index in [-0.39, 0.29) is 0 Å². The van der Waals surface area contributed by atoms with Crippen molar-refractivity contribution in [1.29, 1.82) is 0 Å². The number of nitrogens with zero attached hydrogens (tertiary/aromatic N) is 2. The van der Waals surface area contributed by atoms with E-state index in [2.05, 4.69) is 0 Å². The van der Waals surface area contributed by atoms with Gasteiger partial charge in [0.2, 0.25) is 5.06 Å². The maximum absolute atomic E-state index is 12.3. The predicted octanol–water partition coefficient (Wildman–Crippen LogP) is 6.34. The highest BCUT2D eigenvalue weighted by atomic mass is 32.1. The molecular formula is C23H20N2O3S. The lowest BCUT2D eigenvalue weighted by Crippen LogP contribution is -2.25. The highest BCUT2D eigenvalue weighted by molar-refractivity contribution is 7.17. The van der Waals surface area contributed by atoms with E-state index in [0.29, 0.717) is 16.5 Å². The molecule has 0 N–H and O–H groups in total. The number of fused-ring (bicyclic) bond motifs is 1. The zero-order chi connectivity index (χ0) is 20.4. The smallest absolute Gasteiger partial charge is 0.428 e. The van der Waals surface area contributed by atoms with Gasteiger partial charge in [0.1, 0.15) is 16.3 Å². The summed E-state index contributed by atoms with van der Waals surface area (Å²) in [5, 5.41) is 2.14. The number of carbonyl (C=O) groups excluding carboxylic acids is 1. The maximum Gasteiger partial charge on any atom is 0.515 e. The summed E-state index contributed by atoms with van der Waals surface area (Å²) in [5.74, 6) is 0. The quantitative estimate of drug-likeness (QED) is 0.373. The van der Waals surface area contributed by atoms with Gasteiger partial charge in [-0.15, -0.1) is 0 Å². The van der Waals surface area contributed by atoms with Gasteiger partial charge in [-0.3, -0.25) is 0 Å². The number of thiazole rings is 1. The van der Waals surface area contributed by atoms with Crippen molar-refractivity contribution < 1.29 is 14.3 Å². The van der Waals surface area contributed by atoms with Gasteiger partial charge in [0.05, 0.1) is 11.2 Å². The first kappa shape index (κ1) is 19.1. The van der Waals surface area contributed by atoms with E-state index in [1.54, 1.807) is 20.8 Å².